The number of aromatic nitrogens is 2. The van der Waals surface area contributed by atoms with Gasteiger partial charge in [0.25, 0.3) is 5.56 Å². The molecule has 2 rings (SSSR count). The molecule has 1 atom stereocenters. The van der Waals surface area contributed by atoms with Gasteiger partial charge in [-0.1, -0.05) is 6.92 Å². The molecule has 27 heavy (non-hydrogen) atoms. The van der Waals surface area contributed by atoms with Gasteiger partial charge in [0.1, 0.15) is 5.88 Å². The van der Waals surface area contributed by atoms with Crippen LogP contribution in [0.1, 0.15) is 37.5 Å². The minimum atomic E-state index is -4.73. The van der Waals surface area contributed by atoms with E-state index in [9.17, 15) is 31.2 Å². The van der Waals surface area contributed by atoms with E-state index < -0.39 is 44.8 Å². The zero-order valence-electron chi connectivity index (χ0n) is 14.9. The molecule has 7 nitrogen and oxygen atoms in total. The quantitative estimate of drug-likeness (QED) is 0.790. The van der Waals surface area contributed by atoms with Crippen molar-refractivity contribution in [1.29, 1.82) is 0 Å². The molecule has 2 aromatic rings. The van der Waals surface area contributed by atoms with Gasteiger partial charge in [-0.25, -0.2) is 17.8 Å². The number of H-pyrrole nitrogens is 1. The van der Waals surface area contributed by atoms with Crippen LogP contribution in [0, 0.1) is 0 Å². The molecule has 0 bridgehead atoms. The molecule has 0 fully saturated rings. The molecular weight excluding hydrogens is 389 g/mol. The number of aromatic amines is 1. The Morgan fingerprint density at radius 2 is 1.85 bits per heavy atom. The van der Waals surface area contributed by atoms with Gasteiger partial charge in [0.2, 0.25) is 0 Å². The Labute approximate surface area is 152 Å². The number of benzene rings is 1. The van der Waals surface area contributed by atoms with Crippen molar-refractivity contribution in [3.63, 3.8) is 0 Å². The van der Waals surface area contributed by atoms with Crippen LogP contribution in [0.2, 0.25) is 0 Å². The number of fused-ring (bicyclic) bond motifs is 1. The van der Waals surface area contributed by atoms with Gasteiger partial charge < -0.3 is 9.72 Å². The average Bonchev–Trinajstić information content (AvgIpc) is 2.54. The Bertz CT molecular complexity index is 1070. The Balaban J connectivity index is 2.88. The van der Waals surface area contributed by atoms with Crippen molar-refractivity contribution in [3.8, 4) is 0 Å². The second-order valence-electron chi connectivity index (χ2n) is 6.05. The maximum Gasteiger partial charge on any atom is 0.416 e. The summed E-state index contributed by atoms with van der Waals surface area (Å²) in [7, 11) is -3.72. The molecule has 0 amide bonds. The summed E-state index contributed by atoms with van der Waals surface area (Å²) < 4.78 is 69.2. The van der Waals surface area contributed by atoms with Crippen molar-refractivity contribution in [3.05, 3.63) is 44.1 Å². The van der Waals surface area contributed by atoms with Gasteiger partial charge in [-0.2, -0.15) is 13.2 Å². The van der Waals surface area contributed by atoms with Gasteiger partial charge in [-0.05, 0) is 31.0 Å². The summed E-state index contributed by atoms with van der Waals surface area (Å²) in [4.78, 5) is 26.7. The number of hydrogen-bond acceptors (Lipinski definition) is 5. The van der Waals surface area contributed by atoms with Gasteiger partial charge in [0.05, 0.1) is 22.6 Å². The van der Waals surface area contributed by atoms with Crippen molar-refractivity contribution < 1.29 is 26.3 Å². The van der Waals surface area contributed by atoms with Crippen LogP contribution in [0.25, 0.3) is 10.9 Å². The Morgan fingerprint density at radius 3 is 2.33 bits per heavy atom. The first-order chi connectivity index (χ1) is 12.4. The summed E-state index contributed by atoms with van der Waals surface area (Å²) in [5.41, 5.74) is -3.67. The van der Waals surface area contributed by atoms with Crippen molar-refractivity contribution in [2.45, 2.75) is 38.4 Å². The smallest absolute Gasteiger partial charge is 0.374 e. The lowest BCUT2D eigenvalue weighted by molar-refractivity contribution is -0.139. The first kappa shape index (κ1) is 21.2. The second-order valence-corrected chi connectivity index (χ2v) is 8.16. The molecule has 150 valence electrons. The highest BCUT2D eigenvalue weighted by Crippen LogP contribution is 2.38. The normalized spacial score (nSPS) is 13.9. The summed E-state index contributed by atoms with van der Waals surface area (Å²) in [6.07, 6.45) is -4.58. The van der Waals surface area contributed by atoms with E-state index in [0.717, 1.165) is 12.3 Å². The Morgan fingerprint density at radius 1 is 1.22 bits per heavy atom. The lowest BCUT2D eigenvalue weighted by Crippen LogP contribution is -2.37. The molecule has 1 aromatic carbocycles. The SMILES string of the molecule is CCOC(CC)c1cc2c(=O)n(CS(C)(=O)=O)c(=O)[nH]c2cc1C(F)(F)F. The highest BCUT2D eigenvalue weighted by molar-refractivity contribution is 7.89. The van der Waals surface area contributed by atoms with E-state index in [4.69, 9.17) is 4.74 Å². The zero-order chi connectivity index (χ0) is 20.6. The van der Waals surface area contributed by atoms with E-state index in [2.05, 4.69) is 4.98 Å². The predicted molar refractivity (Wildman–Crippen MR) is 93.3 cm³/mol. The number of ether oxygens (including phenoxy) is 1. The second kappa shape index (κ2) is 7.47. The van der Waals surface area contributed by atoms with Crippen LogP contribution >= 0.6 is 0 Å². The molecule has 1 N–H and O–H groups in total. The fourth-order valence-electron chi connectivity index (χ4n) is 2.81. The molecule has 1 aromatic heterocycles. The van der Waals surface area contributed by atoms with Crippen LogP contribution < -0.4 is 11.2 Å². The van der Waals surface area contributed by atoms with Crippen LogP contribution in [-0.4, -0.2) is 30.8 Å². The summed E-state index contributed by atoms with van der Waals surface area (Å²) >= 11 is 0. The standard InChI is InChI=1S/C16H19F3N2O5S/c1-4-13(26-5-2)9-6-10-12(7-11(9)16(17,18)19)20-15(23)21(14(10)22)8-27(3,24)25/h6-7,13H,4-5,8H2,1-3H3,(H,20,23). The van der Waals surface area contributed by atoms with Gasteiger partial charge in [-0.3, -0.25) is 4.79 Å². The number of hydrogen-bond donors (Lipinski definition) is 1. The van der Waals surface area contributed by atoms with E-state index in [1.165, 1.54) is 0 Å². The lowest BCUT2D eigenvalue weighted by atomic mass is 9.97. The van der Waals surface area contributed by atoms with E-state index in [1.807, 2.05) is 0 Å². The molecule has 0 aliphatic rings. The third kappa shape index (κ3) is 4.59. The number of halogens is 3. The fraction of sp³-hybridized carbons (Fsp3) is 0.500. The van der Waals surface area contributed by atoms with Crippen LogP contribution in [-0.2, 0) is 26.6 Å². The van der Waals surface area contributed by atoms with E-state index in [1.54, 1.807) is 13.8 Å². The van der Waals surface area contributed by atoms with E-state index >= 15 is 0 Å². The van der Waals surface area contributed by atoms with Crippen LogP contribution in [0.15, 0.2) is 21.7 Å². The first-order valence-electron chi connectivity index (χ1n) is 8.06. The fourth-order valence-corrected chi connectivity index (χ4v) is 3.51. The van der Waals surface area contributed by atoms with Crippen molar-refractivity contribution in [2.75, 3.05) is 12.9 Å². The number of nitrogens with zero attached hydrogens (tertiary/aromatic N) is 1. The Hall–Kier alpha value is -2.14. The van der Waals surface area contributed by atoms with Gasteiger partial charge in [0.15, 0.2) is 9.84 Å². The maximum absolute atomic E-state index is 13.5. The topological polar surface area (TPSA) is 98.2 Å². The molecule has 0 saturated carbocycles. The van der Waals surface area contributed by atoms with Crippen LogP contribution in [0.5, 0.6) is 0 Å². The number of sulfone groups is 1. The predicted octanol–water partition coefficient (Wildman–Crippen LogP) is 2.20. The van der Waals surface area contributed by atoms with E-state index in [-0.39, 0.29) is 29.5 Å². The minimum Gasteiger partial charge on any atom is -0.374 e. The van der Waals surface area contributed by atoms with Crippen LogP contribution in [0.3, 0.4) is 0 Å². The summed E-state index contributed by atoms with van der Waals surface area (Å²) in [6, 6.07) is 1.69. The molecule has 0 spiro atoms. The summed E-state index contributed by atoms with van der Waals surface area (Å²) in [5.74, 6) is -0.879. The molecule has 0 radical (unpaired) electrons. The monoisotopic (exact) mass is 408 g/mol. The molecule has 1 heterocycles. The highest BCUT2D eigenvalue weighted by Gasteiger charge is 2.36. The first-order valence-corrected chi connectivity index (χ1v) is 10.1. The summed E-state index contributed by atoms with van der Waals surface area (Å²) in [6.45, 7) is 3.44. The molecule has 1 unspecified atom stereocenters. The van der Waals surface area contributed by atoms with Gasteiger partial charge >= 0.3 is 11.9 Å². The third-order valence-corrected chi connectivity index (χ3v) is 4.63. The molecule has 11 heteroatoms. The molecule has 0 aliphatic heterocycles. The van der Waals surface area contributed by atoms with Crippen molar-refractivity contribution in [2.24, 2.45) is 0 Å². The van der Waals surface area contributed by atoms with Crippen LogP contribution in [0.4, 0.5) is 13.2 Å². The third-order valence-electron chi connectivity index (χ3n) is 3.91. The Kier molecular flexibility index (Phi) is 5.85. The number of alkyl halides is 3. The number of nitrogens with one attached hydrogen (secondary N) is 1. The van der Waals surface area contributed by atoms with Crippen molar-refractivity contribution in [1.82, 2.24) is 9.55 Å². The van der Waals surface area contributed by atoms with Gasteiger partial charge in [0, 0.05) is 12.9 Å². The minimum absolute atomic E-state index is 0.164. The molecule has 0 aliphatic carbocycles. The van der Waals surface area contributed by atoms with Gasteiger partial charge in [-0.15, -0.1) is 0 Å². The van der Waals surface area contributed by atoms with Crippen molar-refractivity contribution >= 4 is 20.7 Å². The zero-order valence-corrected chi connectivity index (χ0v) is 15.7. The number of rotatable bonds is 6. The van der Waals surface area contributed by atoms with E-state index in [0.29, 0.717) is 10.6 Å². The summed E-state index contributed by atoms with van der Waals surface area (Å²) in [5, 5.41) is -0.223. The average molecular weight is 408 g/mol. The maximum atomic E-state index is 13.5. The lowest BCUT2D eigenvalue weighted by Gasteiger charge is -2.21. The largest absolute Gasteiger partial charge is 0.416 e. The molecule has 0 saturated heterocycles. The highest BCUT2D eigenvalue weighted by atomic mass is 32.2. The molecular formula is C16H19F3N2O5S.